The maximum atomic E-state index is 5.20. The zero-order valence-corrected chi connectivity index (χ0v) is 12.5. The summed E-state index contributed by atoms with van der Waals surface area (Å²) in [4.78, 5) is 0. The lowest BCUT2D eigenvalue weighted by molar-refractivity contribution is 0.414. The minimum atomic E-state index is 0.288. The van der Waals surface area contributed by atoms with E-state index in [0.29, 0.717) is 0 Å². The number of hydrogen-bond donors (Lipinski definition) is 1. The van der Waals surface area contributed by atoms with E-state index in [4.69, 9.17) is 4.74 Å². The van der Waals surface area contributed by atoms with Crippen molar-refractivity contribution >= 4 is 0 Å². The molecule has 0 aliphatic rings. The first-order valence-corrected chi connectivity index (χ1v) is 7.16. The Kier molecular flexibility index (Phi) is 5.18. The van der Waals surface area contributed by atoms with E-state index >= 15 is 0 Å². The van der Waals surface area contributed by atoms with Crippen LogP contribution in [0.25, 0.3) is 0 Å². The minimum absolute atomic E-state index is 0.288. The Morgan fingerprint density at radius 3 is 2.55 bits per heavy atom. The summed E-state index contributed by atoms with van der Waals surface area (Å²) < 4.78 is 7.25. The smallest absolute Gasteiger partial charge is 0.118 e. The van der Waals surface area contributed by atoms with E-state index in [0.717, 1.165) is 25.3 Å². The summed E-state index contributed by atoms with van der Waals surface area (Å²) in [6, 6.07) is 10.6. The third-order valence-corrected chi connectivity index (χ3v) is 3.46. The second-order valence-electron chi connectivity index (χ2n) is 4.73. The molecule has 20 heavy (non-hydrogen) atoms. The second kappa shape index (κ2) is 7.10. The van der Waals surface area contributed by atoms with Crippen LogP contribution in [-0.2, 0) is 13.0 Å². The van der Waals surface area contributed by atoms with Gasteiger partial charge in [0.1, 0.15) is 5.75 Å². The van der Waals surface area contributed by atoms with Gasteiger partial charge < -0.3 is 10.1 Å². The van der Waals surface area contributed by atoms with E-state index in [9.17, 15) is 0 Å². The van der Waals surface area contributed by atoms with Crippen LogP contribution >= 0.6 is 0 Å². The molecule has 4 nitrogen and oxygen atoms in total. The van der Waals surface area contributed by atoms with Gasteiger partial charge in [0.05, 0.1) is 18.8 Å². The Hall–Kier alpha value is -1.81. The van der Waals surface area contributed by atoms with Gasteiger partial charge in [0.15, 0.2) is 0 Å². The molecule has 1 aromatic heterocycles. The lowest BCUT2D eigenvalue weighted by atomic mass is 10.0. The van der Waals surface area contributed by atoms with Crippen molar-refractivity contribution < 1.29 is 4.74 Å². The molecule has 0 saturated carbocycles. The highest BCUT2D eigenvalue weighted by Gasteiger charge is 2.15. The highest BCUT2D eigenvalue weighted by molar-refractivity contribution is 5.28. The quantitative estimate of drug-likeness (QED) is 0.843. The van der Waals surface area contributed by atoms with E-state index in [1.807, 2.05) is 18.3 Å². The molecule has 108 valence electrons. The minimum Gasteiger partial charge on any atom is -0.497 e. The molecule has 1 heterocycles. The van der Waals surface area contributed by atoms with Crippen LogP contribution in [-0.4, -0.2) is 23.4 Å². The van der Waals surface area contributed by atoms with Crippen LogP contribution in [0.3, 0.4) is 0 Å². The van der Waals surface area contributed by atoms with Crippen molar-refractivity contribution in [1.82, 2.24) is 15.1 Å². The van der Waals surface area contributed by atoms with Crippen LogP contribution in [0.1, 0.15) is 31.1 Å². The number of aryl methyl sites for hydroxylation is 1. The molecule has 0 amide bonds. The van der Waals surface area contributed by atoms with Crippen molar-refractivity contribution in [2.75, 3.05) is 13.7 Å². The first kappa shape index (κ1) is 14.6. The summed E-state index contributed by atoms with van der Waals surface area (Å²) in [5, 5.41) is 7.91. The number of nitrogens with one attached hydrogen (secondary N) is 1. The fraction of sp³-hybridized carbons (Fsp3) is 0.438. The van der Waals surface area contributed by atoms with E-state index in [2.05, 4.69) is 47.1 Å². The number of benzene rings is 1. The molecule has 0 aliphatic carbocycles. The van der Waals surface area contributed by atoms with Gasteiger partial charge in [-0.3, -0.25) is 4.68 Å². The van der Waals surface area contributed by atoms with Gasteiger partial charge in [-0.15, -0.1) is 0 Å². The van der Waals surface area contributed by atoms with Gasteiger partial charge >= 0.3 is 0 Å². The molecule has 0 radical (unpaired) electrons. The standard InChI is InChI=1S/C16H23N3O/c1-4-17-15(16-10-11-18-19(16)5-2)12-13-6-8-14(20-3)9-7-13/h6-11,15,17H,4-5,12H2,1-3H3. The molecule has 0 fully saturated rings. The van der Waals surface area contributed by atoms with Crippen molar-refractivity contribution in [3.8, 4) is 5.75 Å². The SMILES string of the molecule is CCNC(Cc1ccc(OC)cc1)c1ccnn1CC. The van der Waals surface area contributed by atoms with Crippen molar-refractivity contribution in [2.45, 2.75) is 32.9 Å². The molecular weight excluding hydrogens is 250 g/mol. The Balaban J connectivity index is 2.16. The maximum Gasteiger partial charge on any atom is 0.118 e. The Morgan fingerprint density at radius 2 is 1.95 bits per heavy atom. The lowest BCUT2D eigenvalue weighted by Crippen LogP contribution is -2.25. The van der Waals surface area contributed by atoms with Crippen molar-refractivity contribution in [1.29, 1.82) is 0 Å². The fourth-order valence-corrected chi connectivity index (χ4v) is 2.43. The summed E-state index contributed by atoms with van der Waals surface area (Å²) in [6.07, 6.45) is 2.82. The molecule has 0 bridgehead atoms. The third-order valence-electron chi connectivity index (χ3n) is 3.46. The predicted octanol–water partition coefficient (Wildman–Crippen LogP) is 2.80. The number of rotatable bonds is 7. The third kappa shape index (κ3) is 3.39. The van der Waals surface area contributed by atoms with Gasteiger partial charge in [0.25, 0.3) is 0 Å². The van der Waals surface area contributed by atoms with Gasteiger partial charge in [-0.2, -0.15) is 5.10 Å². The molecule has 0 spiro atoms. The zero-order chi connectivity index (χ0) is 14.4. The average molecular weight is 273 g/mol. The van der Waals surface area contributed by atoms with Crippen LogP contribution in [0.4, 0.5) is 0 Å². The molecule has 1 N–H and O–H groups in total. The van der Waals surface area contributed by atoms with Crippen LogP contribution in [0.15, 0.2) is 36.5 Å². The van der Waals surface area contributed by atoms with Gasteiger partial charge in [-0.05, 0) is 43.7 Å². The van der Waals surface area contributed by atoms with Crippen LogP contribution in [0.2, 0.25) is 0 Å². The normalized spacial score (nSPS) is 12.3. The summed E-state index contributed by atoms with van der Waals surface area (Å²) in [7, 11) is 1.69. The number of hydrogen-bond acceptors (Lipinski definition) is 3. The largest absolute Gasteiger partial charge is 0.497 e. The second-order valence-corrected chi connectivity index (χ2v) is 4.73. The van der Waals surface area contributed by atoms with E-state index in [-0.39, 0.29) is 6.04 Å². The van der Waals surface area contributed by atoms with Crippen molar-refractivity contribution in [3.63, 3.8) is 0 Å². The molecular formula is C16H23N3O. The Morgan fingerprint density at radius 1 is 1.20 bits per heavy atom. The Bertz CT molecular complexity index is 519. The first-order chi connectivity index (χ1) is 9.78. The molecule has 1 unspecified atom stereocenters. The number of ether oxygens (including phenoxy) is 1. The highest BCUT2D eigenvalue weighted by Crippen LogP contribution is 2.20. The lowest BCUT2D eigenvalue weighted by Gasteiger charge is -2.19. The van der Waals surface area contributed by atoms with Crippen LogP contribution in [0, 0.1) is 0 Å². The number of nitrogens with zero attached hydrogens (tertiary/aromatic N) is 2. The van der Waals surface area contributed by atoms with Crippen LogP contribution < -0.4 is 10.1 Å². The highest BCUT2D eigenvalue weighted by atomic mass is 16.5. The molecule has 2 aromatic rings. The zero-order valence-electron chi connectivity index (χ0n) is 12.5. The van der Waals surface area contributed by atoms with Crippen molar-refractivity contribution in [2.24, 2.45) is 0 Å². The summed E-state index contributed by atoms with van der Waals surface area (Å²) in [5.41, 5.74) is 2.53. The van der Waals surface area contributed by atoms with Gasteiger partial charge in [-0.25, -0.2) is 0 Å². The average Bonchev–Trinajstić information content (AvgIpc) is 2.96. The topological polar surface area (TPSA) is 39.1 Å². The summed E-state index contributed by atoms with van der Waals surface area (Å²) >= 11 is 0. The van der Waals surface area contributed by atoms with Crippen LogP contribution in [0.5, 0.6) is 5.75 Å². The van der Waals surface area contributed by atoms with E-state index in [1.54, 1.807) is 7.11 Å². The number of likely N-dealkylation sites (N-methyl/N-ethyl adjacent to an activating group) is 1. The number of aromatic nitrogens is 2. The monoisotopic (exact) mass is 273 g/mol. The molecule has 1 atom stereocenters. The summed E-state index contributed by atoms with van der Waals surface area (Å²) in [5.74, 6) is 0.896. The fourth-order valence-electron chi connectivity index (χ4n) is 2.43. The molecule has 4 heteroatoms. The van der Waals surface area contributed by atoms with Gasteiger partial charge in [0, 0.05) is 12.7 Å². The van der Waals surface area contributed by atoms with Gasteiger partial charge in [-0.1, -0.05) is 19.1 Å². The van der Waals surface area contributed by atoms with Gasteiger partial charge in [0.2, 0.25) is 0 Å². The maximum absolute atomic E-state index is 5.20. The summed E-state index contributed by atoms with van der Waals surface area (Å²) in [6.45, 7) is 6.09. The Labute approximate surface area is 120 Å². The molecule has 0 aliphatic heterocycles. The molecule has 2 rings (SSSR count). The first-order valence-electron chi connectivity index (χ1n) is 7.16. The van der Waals surface area contributed by atoms with E-state index < -0.39 is 0 Å². The van der Waals surface area contributed by atoms with E-state index in [1.165, 1.54) is 11.3 Å². The van der Waals surface area contributed by atoms with Crippen molar-refractivity contribution in [3.05, 3.63) is 47.8 Å². The molecule has 0 saturated heterocycles. The predicted molar refractivity (Wildman–Crippen MR) is 81.0 cm³/mol. The number of methoxy groups -OCH3 is 1. The molecule has 1 aromatic carbocycles.